The lowest BCUT2D eigenvalue weighted by atomic mass is 10.2. The van der Waals surface area contributed by atoms with Gasteiger partial charge >= 0.3 is 0 Å². The zero-order valence-electron chi connectivity index (χ0n) is 5.46. The largest absolute Gasteiger partial charge is 0.468 e. The minimum Gasteiger partial charge on any atom is -0.468 e. The number of hydrogen-bond donors (Lipinski definition) is 1. The zero-order valence-corrected chi connectivity index (χ0v) is 6.21. The van der Waals surface area contributed by atoms with Crippen LogP contribution in [0.3, 0.4) is 0 Å². The van der Waals surface area contributed by atoms with Gasteiger partial charge in [0.15, 0.2) is 0 Å². The van der Waals surface area contributed by atoms with Crippen LogP contribution in [0, 0.1) is 0 Å². The highest BCUT2D eigenvalue weighted by atomic mass is 35.5. The second-order valence-electron chi connectivity index (χ2n) is 2.00. The van der Waals surface area contributed by atoms with Gasteiger partial charge in [-0.2, -0.15) is 0 Å². The minimum absolute atomic E-state index is 0.0921. The number of hydrogen-bond acceptors (Lipinski definition) is 2. The van der Waals surface area contributed by atoms with Crippen LogP contribution < -0.4 is 0 Å². The standard InChI is InChI=1S/C7H9ClO2/c8-6(3-4-9)7-2-1-5-10-7/h1-2,5-6,9H,3-4H2. The van der Waals surface area contributed by atoms with E-state index in [9.17, 15) is 0 Å². The van der Waals surface area contributed by atoms with Crippen molar-refractivity contribution in [3.63, 3.8) is 0 Å². The number of halogens is 1. The van der Waals surface area contributed by atoms with E-state index >= 15 is 0 Å². The van der Waals surface area contributed by atoms with E-state index in [-0.39, 0.29) is 12.0 Å². The Bertz CT molecular complexity index is 172. The molecule has 1 N–H and O–H groups in total. The fourth-order valence-corrected chi connectivity index (χ4v) is 0.947. The molecule has 0 aliphatic carbocycles. The van der Waals surface area contributed by atoms with Crippen molar-refractivity contribution in [3.05, 3.63) is 24.2 Å². The van der Waals surface area contributed by atoms with E-state index in [1.165, 1.54) is 0 Å². The highest BCUT2D eigenvalue weighted by Crippen LogP contribution is 2.23. The molecule has 0 fully saturated rings. The topological polar surface area (TPSA) is 33.4 Å². The summed E-state index contributed by atoms with van der Waals surface area (Å²) < 4.78 is 5.00. The van der Waals surface area contributed by atoms with Gasteiger partial charge in [0.2, 0.25) is 0 Å². The number of rotatable bonds is 3. The highest BCUT2D eigenvalue weighted by Gasteiger charge is 2.08. The number of aliphatic hydroxyl groups excluding tert-OH is 1. The van der Waals surface area contributed by atoms with Gasteiger partial charge in [-0.05, 0) is 18.6 Å². The van der Waals surface area contributed by atoms with Crippen molar-refractivity contribution < 1.29 is 9.52 Å². The summed E-state index contributed by atoms with van der Waals surface area (Å²) >= 11 is 5.79. The molecule has 0 aliphatic rings. The van der Waals surface area contributed by atoms with E-state index in [1.54, 1.807) is 18.4 Å². The van der Waals surface area contributed by atoms with Crippen LogP contribution >= 0.6 is 11.6 Å². The Morgan fingerprint density at radius 1 is 1.70 bits per heavy atom. The SMILES string of the molecule is OCCC(Cl)c1ccco1. The molecule has 10 heavy (non-hydrogen) atoms. The van der Waals surface area contributed by atoms with Gasteiger partial charge in [-0.25, -0.2) is 0 Å². The molecule has 0 radical (unpaired) electrons. The van der Waals surface area contributed by atoms with Crippen LogP contribution in [0.4, 0.5) is 0 Å². The number of alkyl halides is 1. The molecule has 0 saturated heterocycles. The Balaban J connectivity index is 2.50. The summed E-state index contributed by atoms with van der Waals surface area (Å²) in [5, 5.41) is 8.31. The zero-order chi connectivity index (χ0) is 7.40. The van der Waals surface area contributed by atoms with Crippen molar-refractivity contribution in [2.45, 2.75) is 11.8 Å². The first-order valence-corrected chi connectivity index (χ1v) is 3.56. The van der Waals surface area contributed by atoms with Crippen LogP contribution in [-0.2, 0) is 0 Å². The second kappa shape index (κ2) is 3.64. The molecule has 0 bridgehead atoms. The van der Waals surface area contributed by atoms with E-state index in [0.717, 1.165) is 5.76 Å². The average Bonchev–Trinajstić information content (AvgIpc) is 2.38. The molecule has 56 valence electrons. The van der Waals surface area contributed by atoms with Crippen LogP contribution in [0.1, 0.15) is 17.6 Å². The fourth-order valence-electron chi connectivity index (χ4n) is 0.725. The van der Waals surface area contributed by atoms with Crippen molar-refractivity contribution in [2.75, 3.05) is 6.61 Å². The highest BCUT2D eigenvalue weighted by molar-refractivity contribution is 6.20. The molecule has 1 aromatic heterocycles. The third kappa shape index (κ3) is 1.75. The predicted octanol–water partition coefficient (Wildman–Crippen LogP) is 1.94. The lowest BCUT2D eigenvalue weighted by Crippen LogP contribution is -1.91. The molecule has 0 aromatic carbocycles. The van der Waals surface area contributed by atoms with Crippen LogP contribution in [0.25, 0.3) is 0 Å². The van der Waals surface area contributed by atoms with Gasteiger partial charge < -0.3 is 9.52 Å². The van der Waals surface area contributed by atoms with Crippen molar-refractivity contribution in [1.82, 2.24) is 0 Å². The van der Waals surface area contributed by atoms with E-state index in [2.05, 4.69) is 0 Å². The molecule has 1 atom stereocenters. The first-order chi connectivity index (χ1) is 4.84. The van der Waals surface area contributed by atoms with Crippen LogP contribution in [0.5, 0.6) is 0 Å². The van der Waals surface area contributed by atoms with Gasteiger partial charge in [0.05, 0.1) is 11.6 Å². The predicted molar refractivity (Wildman–Crippen MR) is 39.0 cm³/mol. The normalized spacial score (nSPS) is 13.4. The maximum atomic E-state index is 8.51. The Kier molecular flexibility index (Phi) is 2.78. The molecule has 1 rings (SSSR count). The maximum absolute atomic E-state index is 8.51. The summed E-state index contributed by atoms with van der Waals surface area (Å²) in [5.74, 6) is 0.718. The van der Waals surface area contributed by atoms with Crippen LogP contribution in [0.15, 0.2) is 22.8 Å². The van der Waals surface area contributed by atoms with E-state index in [0.29, 0.717) is 6.42 Å². The molecule has 1 unspecified atom stereocenters. The van der Waals surface area contributed by atoms with Crippen molar-refractivity contribution in [2.24, 2.45) is 0 Å². The first-order valence-electron chi connectivity index (χ1n) is 3.13. The maximum Gasteiger partial charge on any atom is 0.121 e. The van der Waals surface area contributed by atoms with Gasteiger partial charge in [0.25, 0.3) is 0 Å². The van der Waals surface area contributed by atoms with Gasteiger partial charge in [0, 0.05) is 6.61 Å². The molecule has 1 aromatic rings. The monoisotopic (exact) mass is 160 g/mol. The van der Waals surface area contributed by atoms with Crippen molar-refractivity contribution >= 4 is 11.6 Å². The molecule has 0 saturated carbocycles. The smallest absolute Gasteiger partial charge is 0.121 e. The van der Waals surface area contributed by atoms with Gasteiger partial charge in [0.1, 0.15) is 5.76 Å². The molecule has 0 amide bonds. The lowest BCUT2D eigenvalue weighted by molar-refractivity contribution is 0.282. The molecule has 0 spiro atoms. The van der Waals surface area contributed by atoms with Crippen molar-refractivity contribution in [3.8, 4) is 0 Å². The van der Waals surface area contributed by atoms with Crippen LogP contribution in [-0.4, -0.2) is 11.7 Å². The van der Waals surface area contributed by atoms with Gasteiger partial charge in [-0.3, -0.25) is 0 Å². The summed E-state index contributed by atoms with van der Waals surface area (Å²) in [6, 6.07) is 3.58. The van der Waals surface area contributed by atoms with Gasteiger partial charge in [-0.15, -0.1) is 11.6 Å². The molecule has 3 heteroatoms. The summed E-state index contributed by atoms with van der Waals surface area (Å²) in [6.45, 7) is 0.0921. The summed E-state index contributed by atoms with van der Waals surface area (Å²) in [5.41, 5.74) is 0. The van der Waals surface area contributed by atoms with Gasteiger partial charge in [-0.1, -0.05) is 0 Å². The molecular weight excluding hydrogens is 152 g/mol. The third-order valence-electron chi connectivity index (χ3n) is 1.23. The third-order valence-corrected chi connectivity index (χ3v) is 1.67. The second-order valence-corrected chi connectivity index (χ2v) is 2.52. The Morgan fingerprint density at radius 3 is 3.00 bits per heavy atom. The Hall–Kier alpha value is -0.470. The number of furan rings is 1. The van der Waals surface area contributed by atoms with E-state index in [4.69, 9.17) is 21.1 Å². The minimum atomic E-state index is -0.194. The first kappa shape index (κ1) is 7.63. The Morgan fingerprint density at radius 2 is 2.50 bits per heavy atom. The molecule has 2 nitrogen and oxygen atoms in total. The Labute approximate surface area is 64.4 Å². The van der Waals surface area contributed by atoms with Crippen LogP contribution in [0.2, 0.25) is 0 Å². The summed E-state index contributed by atoms with van der Waals surface area (Å²) in [4.78, 5) is 0. The fraction of sp³-hybridized carbons (Fsp3) is 0.429. The molecular formula is C7H9ClO2. The summed E-state index contributed by atoms with van der Waals surface area (Å²) in [7, 11) is 0. The summed E-state index contributed by atoms with van der Waals surface area (Å²) in [6.07, 6.45) is 2.11. The molecule has 0 aliphatic heterocycles. The lowest BCUT2D eigenvalue weighted by Gasteiger charge is -2.01. The van der Waals surface area contributed by atoms with E-state index in [1.807, 2.05) is 0 Å². The van der Waals surface area contributed by atoms with Crippen molar-refractivity contribution in [1.29, 1.82) is 0 Å². The quantitative estimate of drug-likeness (QED) is 0.686. The average molecular weight is 161 g/mol. The number of aliphatic hydroxyl groups is 1. The van der Waals surface area contributed by atoms with E-state index < -0.39 is 0 Å². The molecule has 1 heterocycles.